The van der Waals surface area contributed by atoms with Crippen LogP contribution in [-0.2, 0) is 20.6 Å². The van der Waals surface area contributed by atoms with Crippen molar-refractivity contribution in [3.05, 3.63) is 98.0 Å². The van der Waals surface area contributed by atoms with Crippen LogP contribution in [0.15, 0.2) is 76.6 Å². The van der Waals surface area contributed by atoms with Gasteiger partial charge in [-0.25, -0.2) is 4.90 Å². The number of carbonyl (C=O) groups excluding carboxylic acids is 3. The van der Waals surface area contributed by atoms with Gasteiger partial charge in [0.25, 0.3) is 5.91 Å². The van der Waals surface area contributed by atoms with Crippen LogP contribution in [-0.4, -0.2) is 41.7 Å². The predicted molar refractivity (Wildman–Crippen MR) is 162 cm³/mol. The van der Waals surface area contributed by atoms with E-state index in [0.29, 0.717) is 26.1 Å². The van der Waals surface area contributed by atoms with Gasteiger partial charge in [0.05, 0.1) is 29.3 Å². The molecule has 0 radical (unpaired) electrons. The number of methoxy groups -OCH3 is 1. The van der Waals surface area contributed by atoms with E-state index in [9.17, 15) is 32.3 Å². The third kappa shape index (κ3) is 5.59. The highest BCUT2D eigenvalue weighted by Gasteiger charge is 2.57. The van der Waals surface area contributed by atoms with E-state index in [-0.39, 0.29) is 18.1 Å². The van der Waals surface area contributed by atoms with Crippen LogP contribution in [0.25, 0.3) is 0 Å². The van der Waals surface area contributed by atoms with Crippen LogP contribution in [0, 0.1) is 12.8 Å². The number of halogens is 3. The van der Waals surface area contributed by atoms with E-state index in [2.05, 4.69) is 10.3 Å². The summed E-state index contributed by atoms with van der Waals surface area (Å²) in [6.45, 7) is 1.52. The molecule has 2 N–H and O–H groups in total. The normalized spacial score (nSPS) is 19.2. The van der Waals surface area contributed by atoms with E-state index < -0.39 is 57.1 Å². The molecule has 0 saturated carbocycles. The first-order chi connectivity index (χ1) is 21.5. The van der Waals surface area contributed by atoms with E-state index in [1.165, 1.54) is 19.2 Å². The number of ether oxygens (including phenoxy) is 2. The lowest BCUT2D eigenvalue weighted by atomic mass is 9.83. The molecule has 3 amide bonds. The Morgan fingerprint density at radius 2 is 1.73 bits per heavy atom. The quantitative estimate of drug-likeness (QED) is 0.250. The van der Waals surface area contributed by atoms with Crippen molar-refractivity contribution < 1.29 is 37.0 Å². The summed E-state index contributed by atoms with van der Waals surface area (Å²) in [5, 5.41) is 2.06. The van der Waals surface area contributed by atoms with Gasteiger partial charge in [0, 0.05) is 16.5 Å². The van der Waals surface area contributed by atoms with Gasteiger partial charge >= 0.3 is 11.0 Å². The van der Waals surface area contributed by atoms with Crippen molar-refractivity contribution in [2.75, 3.05) is 23.9 Å². The summed E-state index contributed by atoms with van der Waals surface area (Å²) in [5.74, 6) is -3.55. The molecule has 232 valence electrons. The summed E-state index contributed by atoms with van der Waals surface area (Å²) < 4.78 is 52.9. The summed E-state index contributed by atoms with van der Waals surface area (Å²) in [6, 6.07) is 16.4. The minimum Gasteiger partial charge on any atom is -0.493 e. The molecular weight excluding hydrogens is 631 g/mol. The van der Waals surface area contributed by atoms with Crippen LogP contribution in [0.5, 0.6) is 11.5 Å². The second-order valence-corrected chi connectivity index (χ2v) is 12.5. The highest BCUT2D eigenvalue weighted by atomic mass is 32.2. The summed E-state index contributed by atoms with van der Waals surface area (Å²) in [4.78, 5) is 55.9. The average Bonchev–Trinajstić information content (AvgIpc) is 3.50. The summed E-state index contributed by atoms with van der Waals surface area (Å²) in [5.41, 5.74) is 0.341. The second-order valence-electron chi connectivity index (χ2n) is 10.3. The van der Waals surface area contributed by atoms with Crippen molar-refractivity contribution >= 4 is 52.2 Å². The van der Waals surface area contributed by atoms with Gasteiger partial charge in [-0.1, -0.05) is 59.5 Å². The van der Waals surface area contributed by atoms with E-state index >= 15 is 0 Å². The zero-order chi connectivity index (χ0) is 32.0. The molecule has 1 aromatic heterocycles. The van der Waals surface area contributed by atoms with Crippen molar-refractivity contribution in [1.82, 2.24) is 4.98 Å². The smallest absolute Gasteiger partial charge is 0.418 e. The fourth-order valence-corrected chi connectivity index (χ4v) is 8.08. The number of nitrogens with one attached hydrogen (secondary N) is 2. The first-order valence-electron chi connectivity index (χ1n) is 13.6. The van der Waals surface area contributed by atoms with Crippen LogP contribution in [0.4, 0.5) is 24.5 Å². The highest BCUT2D eigenvalue weighted by Crippen LogP contribution is 2.54. The molecule has 6 rings (SSSR count). The molecule has 3 heterocycles. The maximum Gasteiger partial charge on any atom is 0.418 e. The lowest BCUT2D eigenvalue weighted by molar-refractivity contribution is -0.137. The summed E-state index contributed by atoms with van der Waals surface area (Å²) in [6.07, 6.45) is -4.80. The zero-order valence-corrected chi connectivity index (χ0v) is 25.3. The van der Waals surface area contributed by atoms with E-state index in [0.717, 1.165) is 40.8 Å². The molecule has 9 nitrogen and oxygen atoms in total. The van der Waals surface area contributed by atoms with Gasteiger partial charge in [-0.15, -0.1) is 0 Å². The minimum absolute atomic E-state index is 0.214. The molecule has 0 spiro atoms. The number of aromatic amines is 1. The molecule has 2 aliphatic rings. The van der Waals surface area contributed by atoms with Crippen molar-refractivity contribution in [2.24, 2.45) is 5.92 Å². The molecule has 0 bridgehead atoms. The number of H-pyrrole nitrogens is 1. The monoisotopic (exact) mass is 655 g/mol. The van der Waals surface area contributed by atoms with Crippen molar-refractivity contribution in [3.8, 4) is 11.5 Å². The molecule has 3 aromatic carbocycles. The molecule has 3 atom stereocenters. The number of aromatic nitrogens is 1. The second kappa shape index (κ2) is 11.7. The number of nitrogens with zero attached hydrogens (tertiary/aromatic N) is 1. The van der Waals surface area contributed by atoms with Crippen molar-refractivity contribution in [2.45, 2.75) is 29.3 Å². The van der Waals surface area contributed by atoms with E-state index in [1.807, 2.05) is 19.1 Å². The Morgan fingerprint density at radius 3 is 2.47 bits per heavy atom. The first-order valence-corrected chi connectivity index (χ1v) is 15.3. The number of thiazole rings is 1. The molecule has 2 aliphatic heterocycles. The number of hydrogen-bond acceptors (Lipinski definition) is 8. The number of imide groups is 1. The zero-order valence-electron chi connectivity index (χ0n) is 23.6. The maximum atomic E-state index is 13.9. The van der Waals surface area contributed by atoms with Crippen molar-refractivity contribution in [1.29, 1.82) is 0 Å². The SMILES string of the molecule is COc1cc([C@H]2c3sc(=O)[nH]c3SC3C(=O)N(c4ccccc4C(F)(F)F)C(=O)C32)ccc1OCC(=O)Nc1ccccc1C. The number of thioether (sulfide) groups is 1. The average molecular weight is 656 g/mol. The topological polar surface area (TPSA) is 118 Å². The Labute approximate surface area is 262 Å². The third-order valence-electron chi connectivity index (χ3n) is 7.60. The predicted octanol–water partition coefficient (Wildman–Crippen LogP) is 5.59. The number of fused-ring (bicyclic) bond motifs is 2. The van der Waals surface area contributed by atoms with Gasteiger partial charge in [0.1, 0.15) is 5.25 Å². The third-order valence-corrected chi connectivity index (χ3v) is 10.0. The molecular formula is C31H24F3N3O6S2. The Hall–Kier alpha value is -4.56. The number of aryl methyl sites for hydroxylation is 1. The largest absolute Gasteiger partial charge is 0.493 e. The Balaban J connectivity index is 1.33. The van der Waals surface area contributed by atoms with Gasteiger partial charge in [0.2, 0.25) is 11.8 Å². The van der Waals surface area contributed by atoms with Gasteiger partial charge < -0.3 is 19.8 Å². The number of rotatable bonds is 7. The number of carbonyl (C=O) groups is 3. The number of alkyl halides is 3. The molecule has 1 fully saturated rings. The molecule has 2 unspecified atom stereocenters. The minimum atomic E-state index is -4.80. The summed E-state index contributed by atoms with van der Waals surface area (Å²) in [7, 11) is 1.39. The van der Waals surface area contributed by atoms with Gasteiger partial charge in [-0.3, -0.25) is 19.2 Å². The number of hydrogen-bond donors (Lipinski definition) is 2. The molecule has 0 aliphatic carbocycles. The number of benzene rings is 3. The van der Waals surface area contributed by atoms with Gasteiger partial charge in [-0.05, 0) is 48.4 Å². The molecule has 14 heteroatoms. The Morgan fingerprint density at radius 1 is 1.00 bits per heavy atom. The fourth-order valence-electron chi connectivity index (χ4n) is 5.56. The molecule has 45 heavy (non-hydrogen) atoms. The van der Waals surface area contributed by atoms with Crippen molar-refractivity contribution in [3.63, 3.8) is 0 Å². The lowest BCUT2D eigenvalue weighted by Crippen LogP contribution is -2.33. The van der Waals surface area contributed by atoms with Crippen LogP contribution in [0.1, 0.15) is 27.5 Å². The number of amides is 3. The van der Waals surface area contributed by atoms with Crippen LogP contribution in [0.2, 0.25) is 0 Å². The lowest BCUT2D eigenvalue weighted by Gasteiger charge is -2.30. The maximum absolute atomic E-state index is 13.9. The number of anilines is 2. The Bertz CT molecular complexity index is 1890. The van der Waals surface area contributed by atoms with Crippen LogP contribution >= 0.6 is 23.1 Å². The standard InChI is InChI=1S/C31H24F3N3O6S2/c1-15-7-3-5-9-18(15)35-22(38)14-43-20-12-11-16(13-21(20)42-2)23-24-26(44-27-25(23)45-30(41)36-27)29(40)37(28(24)39)19-10-6-4-8-17(19)31(32,33)34/h3-13,23-24,26H,14H2,1-2H3,(H,35,38)(H,36,41)/t23-,24?,26?/m1/s1. The fraction of sp³-hybridized carbons (Fsp3) is 0.226. The number of para-hydroxylation sites is 2. The Kier molecular flexibility index (Phi) is 7.95. The van der Waals surface area contributed by atoms with Crippen LogP contribution < -0.4 is 24.6 Å². The summed E-state index contributed by atoms with van der Waals surface area (Å²) >= 11 is 1.82. The van der Waals surface area contributed by atoms with E-state index in [4.69, 9.17) is 9.47 Å². The van der Waals surface area contributed by atoms with E-state index in [1.54, 1.807) is 30.3 Å². The van der Waals surface area contributed by atoms with Crippen LogP contribution in [0.3, 0.4) is 0 Å². The van der Waals surface area contributed by atoms with Gasteiger partial charge in [-0.2, -0.15) is 13.2 Å². The van der Waals surface area contributed by atoms with Gasteiger partial charge in [0.15, 0.2) is 18.1 Å². The molecule has 1 saturated heterocycles. The molecule has 4 aromatic rings. The highest BCUT2D eigenvalue weighted by molar-refractivity contribution is 8.00. The first kappa shape index (κ1) is 30.5.